The summed E-state index contributed by atoms with van der Waals surface area (Å²) in [7, 11) is -3.76. The zero-order chi connectivity index (χ0) is 17.3. The first-order valence-electron chi connectivity index (χ1n) is 7.56. The third-order valence-electron chi connectivity index (χ3n) is 3.76. The molecule has 0 saturated carbocycles. The van der Waals surface area contributed by atoms with Gasteiger partial charge in [0.25, 0.3) is 10.0 Å². The Morgan fingerprint density at radius 3 is 2.44 bits per heavy atom. The van der Waals surface area contributed by atoms with Gasteiger partial charge in [-0.2, -0.15) is 0 Å². The van der Waals surface area contributed by atoms with Gasteiger partial charge in [0.2, 0.25) is 6.79 Å². The fourth-order valence-electron chi connectivity index (χ4n) is 2.50. The summed E-state index contributed by atoms with van der Waals surface area (Å²) in [5.41, 5.74) is 1.92. The number of sulfonamides is 1. The van der Waals surface area contributed by atoms with Crippen molar-refractivity contribution in [3.63, 3.8) is 0 Å². The van der Waals surface area contributed by atoms with Gasteiger partial charge in [0, 0.05) is 17.8 Å². The third-order valence-corrected chi connectivity index (χ3v) is 5.12. The fraction of sp³-hybridized carbons (Fsp3) is 0.0556. The molecule has 0 aliphatic carbocycles. The van der Waals surface area contributed by atoms with Gasteiger partial charge in [-0.25, -0.2) is 13.4 Å². The highest BCUT2D eigenvalue weighted by Crippen LogP contribution is 2.34. The van der Waals surface area contributed by atoms with Gasteiger partial charge in [0.15, 0.2) is 11.5 Å². The summed E-state index contributed by atoms with van der Waals surface area (Å²) < 4.78 is 37.9. The second-order valence-electron chi connectivity index (χ2n) is 5.42. The summed E-state index contributed by atoms with van der Waals surface area (Å²) in [5, 5.41) is 0. The summed E-state index contributed by atoms with van der Waals surface area (Å²) in [4.78, 5) is 4.28. The van der Waals surface area contributed by atoms with Crippen molar-refractivity contribution in [3.8, 4) is 22.6 Å². The maximum Gasteiger partial charge on any atom is 0.263 e. The highest BCUT2D eigenvalue weighted by Gasteiger charge is 2.20. The molecule has 1 N–H and O–H groups in total. The fourth-order valence-corrected chi connectivity index (χ4v) is 3.52. The minimum absolute atomic E-state index is 0.0886. The van der Waals surface area contributed by atoms with Crippen molar-refractivity contribution in [2.75, 3.05) is 11.5 Å². The van der Waals surface area contributed by atoms with Crippen molar-refractivity contribution in [2.24, 2.45) is 0 Å². The summed E-state index contributed by atoms with van der Waals surface area (Å²) in [6.45, 7) is 0.0920. The molecule has 4 rings (SSSR count). The zero-order valence-electron chi connectivity index (χ0n) is 13.0. The summed E-state index contributed by atoms with van der Waals surface area (Å²) >= 11 is 0. The minimum atomic E-state index is -3.76. The first-order chi connectivity index (χ1) is 12.1. The lowest BCUT2D eigenvalue weighted by atomic mass is 10.1. The molecule has 0 spiro atoms. The summed E-state index contributed by atoms with van der Waals surface area (Å²) in [6, 6.07) is 17.7. The van der Waals surface area contributed by atoms with Crippen LogP contribution in [0.3, 0.4) is 0 Å². The molecule has 0 unspecified atom stereocenters. The van der Waals surface area contributed by atoms with Crippen molar-refractivity contribution in [3.05, 3.63) is 66.9 Å². The Bertz CT molecular complexity index is 1000. The van der Waals surface area contributed by atoms with Crippen LogP contribution in [0.15, 0.2) is 71.8 Å². The van der Waals surface area contributed by atoms with Gasteiger partial charge in [0.1, 0.15) is 5.82 Å². The van der Waals surface area contributed by atoms with Gasteiger partial charge in [-0.05, 0) is 29.8 Å². The van der Waals surface area contributed by atoms with Crippen LogP contribution < -0.4 is 14.2 Å². The predicted octanol–water partition coefficient (Wildman–Crippen LogP) is 3.28. The number of nitrogens with one attached hydrogen (secondary N) is 1. The second kappa shape index (κ2) is 6.10. The van der Waals surface area contributed by atoms with Crippen LogP contribution in [0, 0.1) is 0 Å². The lowest BCUT2D eigenvalue weighted by Gasteiger charge is -2.09. The maximum absolute atomic E-state index is 12.5. The van der Waals surface area contributed by atoms with Crippen LogP contribution in [0.4, 0.5) is 5.82 Å². The summed E-state index contributed by atoms with van der Waals surface area (Å²) in [5.74, 6) is 1.19. The van der Waals surface area contributed by atoms with Gasteiger partial charge in [-0.1, -0.05) is 30.3 Å². The number of nitrogens with zero attached hydrogens (tertiary/aromatic N) is 1. The maximum atomic E-state index is 12.5. The van der Waals surface area contributed by atoms with Gasteiger partial charge >= 0.3 is 0 Å². The molecule has 25 heavy (non-hydrogen) atoms. The Labute approximate surface area is 145 Å². The smallest absolute Gasteiger partial charge is 0.263 e. The van der Waals surface area contributed by atoms with E-state index < -0.39 is 10.0 Å². The molecular weight excluding hydrogens is 340 g/mol. The van der Waals surface area contributed by atoms with Crippen molar-refractivity contribution >= 4 is 15.8 Å². The number of anilines is 1. The average Bonchev–Trinajstić information content (AvgIpc) is 3.10. The zero-order valence-corrected chi connectivity index (χ0v) is 13.9. The summed E-state index contributed by atoms with van der Waals surface area (Å²) in [6.07, 6.45) is 1.63. The molecular formula is C18H14N2O4S. The lowest BCUT2D eigenvalue weighted by Crippen LogP contribution is -2.13. The Kier molecular flexibility index (Phi) is 3.77. The Hall–Kier alpha value is -3.06. The number of fused-ring (bicyclic) bond motifs is 1. The SMILES string of the molecule is O=S(=O)(Nc1ccc(-c2ccccc2)cn1)c1ccc2c(c1)OCO2. The van der Waals surface area contributed by atoms with E-state index in [1.165, 1.54) is 12.1 Å². The van der Waals surface area contributed by atoms with Crippen LogP contribution in [0.25, 0.3) is 11.1 Å². The van der Waals surface area contributed by atoms with Crippen LogP contribution in [0.1, 0.15) is 0 Å². The van der Waals surface area contributed by atoms with E-state index in [4.69, 9.17) is 9.47 Å². The van der Waals surface area contributed by atoms with E-state index >= 15 is 0 Å². The van der Waals surface area contributed by atoms with Gasteiger partial charge in [-0.15, -0.1) is 0 Å². The third kappa shape index (κ3) is 3.14. The van der Waals surface area contributed by atoms with E-state index in [1.54, 1.807) is 18.3 Å². The van der Waals surface area contributed by atoms with Crippen LogP contribution in [-0.4, -0.2) is 20.2 Å². The lowest BCUT2D eigenvalue weighted by molar-refractivity contribution is 0.174. The van der Waals surface area contributed by atoms with Crippen molar-refractivity contribution in [2.45, 2.75) is 4.90 Å². The molecule has 0 saturated heterocycles. The molecule has 7 heteroatoms. The van der Waals surface area contributed by atoms with E-state index in [1.807, 2.05) is 36.4 Å². The standard InChI is InChI=1S/C18H14N2O4S/c21-25(22,15-7-8-16-17(10-15)24-12-23-16)20-18-9-6-14(11-19-18)13-4-2-1-3-5-13/h1-11H,12H2,(H,19,20). The van der Waals surface area contributed by atoms with E-state index in [2.05, 4.69) is 9.71 Å². The van der Waals surface area contributed by atoms with Crippen molar-refractivity contribution in [1.82, 2.24) is 4.98 Å². The van der Waals surface area contributed by atoms with E-state index in [0.29, 0.717) is 11.5 Å². The Morgan fingerprint density at radius 2 is 1.68 bits per heavy atom. The molecule has 1 aliphatic heterocycles. The van der Waals surface area contributed by atoms with E-state index in [0.717, 1.165) is 11.1 Å². The van der Waals surface area contributed by atoms with Crippen LogP contribution >= 0.6 is 0 Å². The first-order valence-corrected chi connectivity index (χ1v) is 9.04. The highest BCUT2D eigenvalue weighted by molar-refractivity contribution is 7.92. The van der Waals surface area contributed by atoms with Crippen molar-refractivity contribution in [1.29, 1.82) is 0 Å². The molecule has 2 aromatic carbocycles. The van der Waals surface area contributed by atoms with Crippen LogP contribution in [-0.2, 0) is 10.0 Å². The van der Waals surface area contributed by atoms with Crippen LogP contribution in [0.2, 0.25) is 0 Å². The molecule has 6 nitrogen and oxygen atoms in total. The molecule has 0 amide bonds. The largest absolute Gasteiger partial charge is 0.454 e. The molecule has 1 aliphatic rings. The molecule has 0 fully saturated rings. The molecule has 0 atom stereocenters. The predicted molar refractivity (Wildman–Crippen MR) is 93.0 cm³/mol. The van der Waals surface area contributed by atoms with Gasteiger partial charge < -0.3 is 9.47 Å². The molecule has 126 valence electrons. The number of ether oxygens (including phenoxy) is 2. The molecule has 2 heterocycles. The minimum Gasteiger partial charge on any atom is -0.454 e. The number of hydrogen-bond acceptors (Lipinski definition) is 5. The monoisotopic (exact) mass is 354 g/mol. The average molecular weight is 354 g/mol. The van der Waals surface area contributed by atoms with Crippen molar-refractivity contribution < 1.29 is 17.9 Å². The second-order valence-corrected chi connectivity index (χ2v) is 7.10. The van der Waals surface area contributed by atoms with E-state index in [-0.39, 0.29) is 17.5 Å². The highest BCUT2D eigenvalue weighted by atomic mass is 32.2. The Balaban J connectivity index is 1.57. The topological polar surface area (TPSA) is 77.5 Å². The van der Waals surface area contributed by atoms with Gasteiger partial charge in [-0.3, -0.25) is 4.72 Å². The van der Waals surface area contributed by atoms with Crippen LogP contribution in [0.5, 0.6) is 11.5 Å². The molecule has 0 radical (unpaired) electrons. The normalized spacial score (nSPS) is 12.8. The number of benzene rings is 2. The first kappa shape index (κ1) is 15.5. The molecule has 3 aromatic rings. The molecule has 1 aromatic heterocycles. The quantitative estimate of drug-likeness (QED) is 0.778. The number of aromatic nitrogens is 1. The number of hydrogen-bond donors (Lipinski definition) is 1. The van der Waals surface area contributed by atoms with Gasteiger partial charge in [0.05, 0.1) is 4.90 Å². The van der Waals surface area contributed by atoms with E-state index in [9.17, 15) is 8.42 Å². The Morgan fingerprint density at radius 1 is 0.880 bits per heavy atom. The molecule has 0 bridgehead atoms. The number of rotatable bonds is 4. The number of pyridine rings is 1.